The molecule has 106 valence electrons. The van der Waals surface area contributed by atoms with E-state index in [1.807, 2.05) is 4.90 Å². The molecule has 3 rings (SSSR count). The summed E-state index contributed by atoms with van der Waals surface area (Å²) in [6.07, 6.45) is 7.60. The van der Waals surface area contributed by atoms with E-state index in [4.69, 9.17) is 4.74 Å². The second-order valence-electron chi connectivity index (χ2n) is 6.10. The van der Waals surface area contributed by atoms with E-state index in [1.54, 1.807) is 0 Å². The van der Waals surface area contributed by atoms with Crippen molar-refractivity contribution in [1.29, 1.82) is 0 Å². The van der Waals surface area contributed by atoms with Crippen LogP contribution < -0.4 is 0 Å². The van der Waals surface area contributed by atoms with E-state index in [1.165, 1.54) is 31.8 Å². The Morgan fingerprint density at radius 2 is 2.00 bits per heavy atom. The van der Waals surface area contributed by atoms with Crippen LogP contribution >= 0.6 is 0 Å². The molecule has 1 atom stereocenters. The molecule has 1 saturated carbocycles. The fraction of sp³-hybridized carbons (Fsp3) is 0.800. The minimum atomic E-state index is 0.0714. The van der Waals surface area contributed by atoms with Gasteiger partial charge in [-0.15, -0.1) is 0 Å². The smallest absolute Gasteiger partial charge is 0.246 e. The van der Waals surface area contributed by atoms with Crippen LogP contribution in [0, 0.1) is 0 Å². The Hall–Kier alpha value is -0.870. The van der Waals surface area contributed by atoms with Crippen molar-refractivity contribution >= 4 is 5.91 Å². The molecule has 4 heteroatoms. The zero-order valence-corrected chi connectivity index (χ0v) is 11.6. The topological polar surface area (TPSA) is 32.8 Å². The third kappa shape index (κ3) is 2.56. The summed E-state index contributed by atoms with van der Waals surface area (Å²) in [5, 5.41) is 0. The molecule has 1 unspecified atom stereocenters. The number of nitrogens with zero attached hydrogens (tertiary/aromatic N) is 2. The highest BCUT2D eigenvalue weighted by atomic mass is 16.5. The number of amides is 1. The van der Waals surface area contributed by atoms with Crippen LogP contribution in [-0.4, -0.2) is 60.1 Å². The van der Waals surface area contributed by atoms with Crippen LogP contribution in [0.2, 0.25) is 0 Å². The fourth-order valence-electron chi connectivity index (χ4n) is 3.67. The van der Waals surface area contributed by atoms with Crippen molar-refractivity contribution in [2.24, 2.45) is 0 Å². The van der Waals surface area contributed by atoms with Gasteiger partial charge in [-0.3, -0.25) is 9.69 Å². The Balaban J connectivity index is 1.53. The normalized spacial score (nSPS) is 30.9. The second-order valence-corrected chi connectivity index (χ2v) is 6.10. The minimum Gasteiger partial charge on any atom is -0.375 e. The number of ether oxygens (including phenoxy) is 1. The molecule has 2 saturated heterocycles. The molecule has 1 aliphatic carbocycles. The minimum absolute atomic E-state index is 0.0714. The van der Waals surface area contributed by atoms with Crippen LogP contribution in [0.1, 0.15) is 32.1 Å². The van der Waals surface area contributed by atoms with Crippen molar-refractivity contribution in [3.63, 3.8) is 0 Å². The van der Waals surface area contributed by atoms with Crippen LogP contribution in [0.5, 0.6) is 0 Å². The first-order valence-corrected chi connectivity index (χ1v) is 7.52. The van der Waals surface area contributed by atoms with Crippen LogP contribution in [0.3, 0.4) is 0 Å². The SMILES string of the molecule is C=CC(=O)N1CCN(C2CCOC3(CCC3)C2)CC1. The summed E-state index contributed by atoms with van der Waals surface area (Å²) in [4.78, 5) is 16.0. The van der Waals surface area contributed by atoms with Crippen molar-refractivity contribution in [3.05, 3.63) is 12.7 Å². The Bertz CT molecular complexity index is 357. The Kier molecular flexibility index (Phi) is 3.63. The van der Waals surface area contributed by atoms with Crippen molar-refractivity contribution in [3.8, 4) is 0 Å². The van der Waals surface area contributed by atoms with Gasteiger partial charge in [0, 0.05) is 38.8 Å². The number of piperazine rings is 1. The van der Waals surface area contributed by atoms with E-state index >= 15 is 0 Å². The summed E-state index contributed by atoms with van der Waals surface area (Å²) in [6.45, 7) is 8.16. The molecule has 2 heterocycles. The van der Waals surface area contributed by atoms with Gasteiger partial charge in [0.25, 0.3) is 0 Å². The molecule has 19 heavy (non-hydrogen) atoms. The van der Waals surface area contributed by atoms with Crippen LogP contribution in [0.25, 0.3) is 0 Å². The van der Waals surface area contributed by atoms with E-state index < -0.39 is 0 Å². The number of carbonyl (C=O) groups is 1. The first-order valence-electron chi connectivity index (χ1n) is 7.52. The Morgan fingerprint density at radius 3 is 2.58 bits per heavy atom. The van der Waals surface area contributed by atoms with Crippen LogP contribution in [0.4, 0.5) is 0 Å². The lowest BCUT2D eigenvalue weighted by molar-refractivity contribution is -0.152. The number of hydrogen-bond acceptors (Lipinski definition) is 3. The van der Waals surface area contributed by atoms with Crippen molar-refractivity contribution in [1.82, 2.24) is 9.80 Å². The largest absolute Gasteiger partial charge is 0.375 e. The van der Waals surface area contributed by atoms with Gasteiger partial charge >= 0.3 is 0 Å². The lowest BCUT2D eigenvalue weighted by Crippen LogP contribution is -2.57. The summed E-state index contributed by atoms with van der Waals surface area (Å²) in [6, 6.07) is 0.662. The second kappa shape index (κ2) is 5.25. The number of rotatable bonds is 2. The quantitative estimate of drug-likeness (QED) is 0.707. The first-order chi connectivity index (χ1) is 9.22. The van der Waals surface area contributed by atoms with E-state index in [2.05, 4.69) is 11.5 Å². The third-order valence-electron chi connectivity index (χ3n) is 5.05. The van der Waals surface area contributed by atoms with E-state index in [0.717, 1.165) is 39.2 Å². The van der Waals surface area contributed by atoms with Crippen molar-refractivity contribution in [2.75, 3.05) is 32.8 Å². The predicted molar refractivity (Wildman–Crippen MR) is 73.9 cm³/mol. The highest BCUT2D eigenvalue weighted by Gasteiger charge is 2.44. The van der Waals surface area contributed by atoms with Gasteiger partial charge in [-0.2, -0.15) is 0 Å². The van der Waals surface area contributed by atoms with Crippen molar-refractivity contribution in [2.45, 2.75) is 43.7 Å². The third-order valence-corrected chi connectivity index (χ3v) is 5.05. The lowest BCUT2D eigenvalue weighted by Gasteiger charge is -2.50. The fourth-order valence-corrected chi connectivity index (χ4v) is 3.67. The molecule has 0 aromatic carbocycles. The van der Waals surface area contributed by atoms with E-state index in [0.29, 0.717) is 6.04 Å². The zero-order valence-electron chi connectivity index (χ0n) is 11.6. The average molecular weight is 264 g/mol. The number of carbonyl (C=O) groups excluding carboxylic acids is 1. The molecule has 0 N–H and O–H groups in total. The standard InChI is InChI=1S/C15H24N2O2/c1-2-14(18)17-9-7-16(8-10-17)13-4-11-19-15(12-13)5-3-6-15/h2,13H,1,3-12H2. The summed E-state index contributed by atoms with van der Waals surface area (Å²) >= 11 is 0. The van der Waals surface area contributed by atoms with Gasteiger partial charge < -0.3 is 9.64 Å². The predicted octanol–water partition coefficient (Wildman–Crippen LogP) is 1.42. The molecular formula is C15H24N2O2. The summed E-state index contributed by atoms with van der Waals surface area (Å²) in [7, 11) is 0. The molecule has 0 aromatic rings. The van der Waals surface area contributed by atoms with Gasteiger partial charge in [0.1, 0.15) is 0 Å². The lowest BCUT2D eigenvalue weighted by atomic mass is 9.73. The molecule has 1 spiro atoms. The highest BCUT2D eigenvalue weighted by molar-refractivity contribution is 5.87. The maximum absolute atomic E-state index is 11.6. The molecule has 4 nitrogen and oxygen atoms in total. The molecule has 0 radical (unpaired) electrons. The number of hydrogen-bond donors (Lipinski definition) is 0. The van der Waals surface area contributed by atoms with Gasteiger partial charge in [-0.25, -0.2) is 0 Å². The molecule has 0 aromatic heterocycles. The first kappa shape index (κ1) is 13.1. The van der Waals surface area contributed by atoms with Gasteiger partial charge in [0.15, 0.2) is 0 Å². The summed E-state index contributed by atoms with van der Waals surface area (Å²) in [5.41, 5.74) is 0.219. The van der Waals surface area contributed by atoms with Crippen LogP contribution in [-0.2, 0) is 9.53 Å². The van der Waals surface area contributed by atoms with Crippen molar-refractivity contribution < 1.29 is 9.53 Å². The molecule has 0 bridgehead atoms. The summed E-state index contributed by atoms with van der Waals surface area (Å²) in [5.74, 6) is 0.0714. The monoisotopic (exact) mass is 264 g/mol. The highest BCUT2D eigenvalue weighted by Crippen LogP contribution is 2.43. The summed E-state index contributed by atoms with van der Waals surface area (Å²) < 4.78 is 5.99. The zero-order chi connectivity index (χ0) is 13.3. The molecule has 1 amide bonds. The van der Waals surface area contributed by atoms with Gasteiger partial charge in [-0.05, 0) is 38.2 Å². The van der Waals surface area contributed by atoms with Gasteiger partial charge in [0.05, 0.1) is 5.60 Å². The van der Waals surface area contributed by atoms with E-state index in [9.17, 15) is 4.79 Å². The molecule has 3 fully saturated rings. The average Bonchev–Trinajstić information content (AvgIpc) is 2.45. The Morgan fingerprint density at radius 1 is 1.26 bits per heavy atom. The molecule has 3 aliphatic rings. The molecule has 2 aliphatic heterocycles. The molecular weight excluding hydrogens is 240 g/mol. The maximum atomic E-state index is 11.6. The van der Waals surface area contributed by atoms with Gasteiger partial charge in [-0.1, -0.05) is 6.58 Å². The van der Waals surface area contributed by atoms with Gasteiger partial charge in [0.2, 0.25) is 5.91 Å². The van der Waals surface area contributed by atoms with Crippen LogP contribution in [0.15, 0.2) is 12.7 Å². The Labute approximate surface area is 115 Å². The van der Waals surface area contributed by atoms with E-state index in [-0.39, 0.29) is 11.5 Å². The maximum Gasteiger partial charge on any atom is 0.246 e.